The van der Waals surface area contributed by atoms with E-state index in [4.69, 9.17) is 10.4 Å². The zero-order valence-electron chi connectivity index (χ0n) is 9.18. The largest absolute Gasteiger partial charge is 0.397 e. The van der Waals surface area contributed by atoms with E-state index in [0.717, 1.165) is 16.7 Å². The topological polar surface area (TPSA) is 77.0 Å². The molecular formula is C11H9BrN4OS. The van der Waals surface area contributed by atoms with Crippen LogP contribution in [0.15, 0.2) is 32.7 Å². The van der Waals surface area contributed by atoms with Crippen molar-refractivity contribution < 1.29 is 4.63 Å². The Bertz CT molecular complexity index is 693. The van der Waals surface area contributed by atoms with E-state index in [1.54, 1.807) is 17.4 Å². The molecule has 3 aromatic rings. The molecule has 0 saturated heterocycles. The molecule has 2 aromatic heterocycles. The Morgan fingerprint density at radius 2 is 2.17 bits per heavy atom. The predicted molar refractivity (Wildman–Crippen MR) is 75.6 cm³/mol. The Balaban J connectivity index is 1.86. The number of aromatic nitrogens is 2. The predicted octanol–water partition coefficient (Wildman–Crippen LogP) is 3.24. The van der Waals surface area contributed by atoms with Crippen LogP contribution >= 0.6 is 27.3 Å². The van der Waals surface area contributed by atoms with Crippen molar-refractivity contribution >= 4 is 49.7 Å². The van der Waals surface area contributed by atoms with Gasteiger partial charge in [0.1, 0.15) is 0 Å². The molecule has 0 amide bonds. The molecule has 0 fully saturated rings. The van der Waals surface area contributed by atoms with Gasteiger partial charge in [-0.05, 0) is 44.4 Å². The second-order valence-electron chi connectivity index (χ2n) is 3.75. The van der Waals surface area contributed by atoms with E-state index in [1.165, 1.54) is 4.88 Å². The molecule has 0 unspecified atom stereocenters. The van der Waals surface area contributed by atoms with E-state index in [1.807, 2.05) is 11.4 Å². The first kappa shape index (κ1) is 11.5. The Morgan fingerprint density at radius 1 is 1.33 bits per heavy atom. The average molecular weight is 325 g/mol. The van der Waals surface area contributed by atoms with Crippen LogP contribution in [0, 0.1) is 0 Å². The number of nitrogens with one attached hydrogen (secondary N) is 1. The Morgan fingerprint density at radius 3 is 2.94 bits per heavy atom. The minimum atomic E-state index is 0.565. The highest BCUT2D eigenvalue weighted by Gasteiger charge is 2.09. The van der Waals surface area contributed by atoms with Crippen LogP contribution in [0.4, 0.5) is 11.4 Å². The summed E-state index contributed by atoms with van der Waals surface area (Å²) in [6.45, 7) is 0.724. The Kier molecular flexibility index (Phi) is 2.92. The summed E-state index contributed by atoms with van der Waals surface area (Å²) < 4.78 is 5.81. The fraction of sp³-hybridized carbons (Fsp3) is 0.0909. The summed E-state index contributed by atoms with van der Waals surface area (Å²) in [5.74, 6) is 0. The lowest BCUT2D eigenvalue weighted by Crippen LogP contribution is -1.99. The quantitative estimate of drug-likeness (QED) is 0.723. The molecule has 3 N–H and O–H groups in total. The van der Waals surface area contributed by atoms with E-state index in [2.05, 4.69) is 37.6 Å². The number of nitrogens with two attached hydrogens (primary N) is 1. The lowest BCUT2D eigenvalue weighted by atomic mass is 10.2. The summed E-state index contributed by atoms with van der Waals surface area (Å²) in [4.78, 5) is 1.23. The summed E-state index contributed by atoms with van der Waals surface area (Å²) in [7, 11) is 0. The third-order valence-electron chi connectivity index (χ3n) is 2.52. The molecule has 0 aliphatic heterocycles. The van der Waals surface area contributed by atoms with Gasteiger partial charge in [0.25, 0.3) is 0 Å². The molecule has 5 nitrogen and oxygen atoms in total. The molecule has 0 aliphatic rings. The molecule has 0 saturated carbocycles. The maximum Gasteiger partial charge on any atom is 0.160 e. The molecule has 0 spiro atoms. The molecule has 0 aliphatic carbocycles. The van der Waals surface area contributed by atoms with Gasteiger partial charge in [-0.25, -0.2) is 4.63 Å². The molecule has 0 bridgehead atoms. The van der Waals surface area contributed by atoms with Gasteiger partial charge in [0.05, 0.1) is 11.4 Å². The summed E-state index contributed by atoms with van der Waals surface area (Å²) >= 11 is 5.12. The van der Waals surface area contributed by atoms with Crippen LogP contribution in [0.2, 0.25) is 0 Å². The van der Waals surface area contributed by atoms with Crippen LogP contribution in [-0.4, -0.2) is 10.3 Å². The summed E-state index contributed by atoms with van der Waals surface area (Å²) in [5, 5.41) is 13.0. The molecule has 2 heterocycles. The van der Waals surface area contributed by atoms with E-state index < -0.39 is 0 Å². The lowest BCUT2D eigenvalue weighted by Gasteiger charge is -2.05. The molecule has 18 heavy (non-hydrogen) atoms. The zero-order valence-corrected chi connectivity index (χ0v) is 11.6. The monoisotopic (exact) mass is 324 g/mol. The highest BCUT2D eigenvalue weighted by atomic mass is 79.9. The fourth-order valence-electron chi connectivity index (χ4n) is 1.66. The zero-order chi connectivity index (χ0) is 12.5. The van der Waals surface area contributed by atoms with Crippen molar-refractivity contribution in [2.24, 2.45) is 0 Å². The summed E-state index contributed by atoms with van der Waals surface area (Å²) in [5.41, 5.74) is 8.47. The van der Waals surface area contributed by atoms with Crippen LogP contribution in [-0.2, 0) is 6.54 Å². The van der Waals surface area contributed by atoms with Crippen LogP contribution < -0.4 is 11.1 Å². The van der Waals surface area contributed by atoms with Gasteiger partial charge in [0.15, 0.2) is 11.0 Å². The minimum absolute atomic E-state index is 0.565. The maximum absolute atomic E-state index is 5.79. The third-order valence-corrected chi connectivity index (χ3v) is 4.22. The highest BCUT2D eigenvalue weighted by molar-refractivity contribution is 9.10. The van der Waals surface area contributed by atoms with Crippen LogP contribution in [0.25, 0.3) is 11.0 Å². The molecule has 92 valence electrons. The highest BCUT2D eigenvalue weighted by Crippen LogP contribution is 2.26. The van der Waals surface area contributed by atoms with Crippen molar-refractivity contribution in [1.29, 1.82) is 0 Å². The number of halogens is 1. The molecule has 0 radical (unpaired) electrons. The van der Waals surface area contributed by atoms with Gasteiger partial charge in [-0.15, -0.1) is 11.3 Å². The Labute approximate surface area is 115 Å². The molecule has 0 atom stereocenters. The number of thiophene rings is 1. The van der Waals surface area contributed by atoms with Crippen molar-refractivity contribution in [3.63, 3.8) is 0 Å². The molecule has 3 rings (SSSR count). The van der Waals surface area contributed by atoms with Gasteiger partial charge >= 0.3 is 0 Å². The SMILES string of the molecule is Nc1ccc(NCc2cc(Br)cs2)c2nonc12. The van der Waals surface area contributed by atoms with Gasteiger partial charge in [0.2, 0.25) is 0 Å². The van der Waals surface area contributed by atoms with Gasteiger partial charge in [-0.1, -0.05) is 0 Å². The second kappa shape index (κ2) is 4.58. The van der Waals surface area contributed by atoms with Crippen molar-refractivity contribution in [1.82, 2.24) is 10.3 Å². The van der Waals surface area contributed by atoms with Crippen LogP contribution in [0.1, 0.15) is 4.88 Å². The van der Waals surface area contributed by atoms with Crippen LogP contribution in [0.5, 0.6) is 0 Å². The first-order valence-corrected chi connectivity index (χ1v) is 6.89. The van der Waals surface area contributed by atoms with E-state index in [0.29, 0.717) is 16.7 Å². The average Bonchev–Trinajstić information content (AvgIpc) is 2.98. The fourth-order valence-corrected chi connectivity index (χ4v) is 3.05. The van der Waals surface area contributed by atoms with E-state index >= 15 is 0 Å². The first-order chi connectivity index (χ1) is 8.74. The maximum atomic E-state index is 5.79. The second-order valence-corrected chi connectivity index (χ2v) is 5.66. The van der Waals surface area contributed by atoms with Gasteiger partial charge in [0, 0.05) is 21.3 Å². The van der Waals surface area contributed by atoms with Crippen molar-refractivity contribution in [3.05, 3.63) is 32.9 Å². The van der Waals surface area contributed by atoms with E-state index in [-0.39, 0.29) is 0 Å². The number of fused-ring (bicyclic) bond motifs is 1. The van der Waals surface area contributed by atoms with Gasteiger partial charge in [-0.2, -0.15) is 0 Å². The number of rotatable bonds is 3. The molecule has 7 heteroatoms. The normalized spacial score (nSPS) is 10.9. The number of benzene rings is 1. The lowest BCUT2D eigenvalue weighted by molar-refractivity contribution is 0.316. The minimum Gasteiger partial charge on any atom is -0.397 e. The van der Waals surface area contributed by atoms with Gasteiger partial charge in [-0.3, -0.25) is 0 Å². The third kappa shape index (κ3) is 2.06. The number of anilines is 2. The van der Waals surface area contributed by atoms with Crippen molar-refractivity contribution in [3.8, 4) is 0 Å². The summed E-state index contributed by atoms with van der Waals surface area (Å²) in [6.07, 6.45) is 0. The van der Waals surface area contributed by atoms with Gasteiger partial charge < -0.3 is 11.1 Å². The smallest absolute Gasteiger partial charge is 0.160 e. The molecular weight excluding hydrogens is 316 g/mol. The van der Waals surface area contributed by atoms with Crippen molar-refractivity contribution in [2.45, 2.75) is 6.54 Å². The first-order valence-electron chi connectivity index (χ1n) is 5.21. The standard InChI is InChI=1S/C11H9BrN4OS/c12-6-3-7(18-5-6)4-14-9-2-1-8(13)10-11(9)16-17-15-10/h1-3,5,14H,4,13H2. The van der Waals surface area contributed by atoms with Crippen molar-refractivity contribution in [2.75, 3.05) is 11.1 Å². The summed E-state index contributed by atoms with van der Waals surface area (Å²) in [6, 6.07) is 5.75. The number of nitrogen functional groups attached to an aromatic ring is 1. The number of hydrogen-bond donors (Lipinski definition) is 2. The van der Waals surface area contributed by atoms with Crippen LogP contribution in [0.3, 0.4) is 0 Å². The number of hydrogen-bond acceptors (Lipinski definition) is 6. The Hall–Kier alpha value is -1.60. The molecule has 1 aromatic carbocycles. The van der Waals surface area contributed by atoms with E-state index in [9.17, 15) is 0 Å². The number of nitrogens with zero attached hydrogens (tertiary/aromatic N) is 2.